The predicted molar refractivity (Wildman–Crippen MR) is 126 cm³/mol. The van der Waals surface area contributed by atoms with Gasteiger partial charge in [0.2, 0.25) is 5.75 Å². The molecular weight excluding hydrogens is 392 g/mol. The summed E-state index contributed by atoms with van der Waals surface area (Å²) in [6.45, 7) is 9.01. The zero-order valence-corrected chi connectivity index (χ0v) is 19.3. The Hall–Kier alpha value is -2.95. The van der Waals surface area contributed by atoms with Crippen molar-refractivity contribution in [2.45, 2.75) is 53.4 Å². The summed E-state index contributed by atoms with van der Waals surface area (Å²) in [5.74, 6) is 1.01. The maximum Gasteiger partial charge on any atom is 0.383 e. The smallest absolute Gasteiger partial charge is 0.383 e. The highest BCUT2D eigenvalue weighted by Crippen LogP contribution is 2.38. The maximum absolute atomic E-state index is 12.7. The lowest BCUT2D eigenvalue weighted by atomic mass is 10.1. The molecule has 0 radical (unpaired) electrons. The van der Waals surface area contributed by atoms with E-state index in [1.165, 1.54) is 11.1 Å². The van der Waals surface area contributed by atoms with E-state index in [9.17, 15) is 4.79 Å². The van der Waals surface area contributed by atoms with Gasteiger partial charge in [-0.2, -0.15) is 0 Å². The van der Waals surface area contributed by atoms with E-state index >= 15 is 0 Å². The molecule has 2 aromatic rings. The largest absolute Gasteiger partial charge is 0.496 e. The molecule has 5 heteroatoms. The Morgan fingerprint density at radius 3 is 2.55 bits per heavy atom. The first-order chi connectivity index (χ1) is 15.0. The van der Waals surface area contributed by atoms with Crippen molar-refractivity contribution in [3.8, 4) is 17.2 Å². The Labute approximate surface area is 185 Å². The average molecular weight is 427 g/mol. The molecule has 2 rings (SSSR count). The van der Waals surface area contributed by atoms with Crippen molar-refractivity contribution in [2.24, 2.45) is 0 Å². The first-order valence-electron chi connectivity index (χ1n) is 10.8. The van der Waals surface area contributed by atoms with Gasteiger partial charge in [-0.3, -0.25) is 0 Å². The van der Waals surface area contributed by atoms with Gasteiger partial charge in [-0.1, -0.05) is 42.4 Å². The molecule has 31 heavy (non-hydrogen) atoms. The van der Waals surface area contributed by atoms with Crippen molar-refractivity contribution >= 4 is 11.0 Å². The first kappa shape index (κ1) is 24.3. The van der Waals surface area contributed by atoms with Gasteiger partial charge in [0, 0.05) is 0 Å². The van der Waals surface area contributed by atoms with Crippen molar-refractivity contribution in [1.82, 2.24) is 0 Å². The molecule has 5 nitrogen and oxygen atoms in total. The van der Waals surface area contributed by atoms with Crippen molar-refractivity contribution in [2.75, 3.05) is 20.3 Å². The standard InChI is InChI=1S/C26H34O5/c1-6-7-8-9-17-29-24-23-21(28-5)14-11-15-22(23)31-26(27)25(24)30-18-16-20(4)13-10-12-19(2)3/h7-8,11-12,14-16H,6,9-10,13,17-18H2,1-5H3/b8-7?,20-16+. The third-order valence-corrected chi connectivity index (χ3v) is 4.71. The van der Waals surface area contributed by atoms with Crippen LogP contribution in [0.15, 0.2) is 62.9 Å². The SMILES string of the molecule is CCC=CCCOc1c(OC/C=C(\C)CCC=C(C)C)c(=O)oc2cccc(OC)c12. The van der Waals surface area contributed by atoms with Crippen molar-refractivity contribution in [3.05, 3.63) is 64.1 Å². The number of ether oxygens (including phenoxy) is 3. The number of rotatable bonds is 12. The van der Waals surface area contributed by atoms with Crippen LogP contribution in [0.25, 0.3) is 11.0 Å². The van der Waals surface area contributed by atoms with Gasteiger partial charge in [-0.05, 0) is 64.7 Å². The second-order valence-electron chi connectivity index (χ2n) is 7.58. The van der Waals surface area contributed by atoms with Gasteiger partial charge in [0.25, 0.3) is 0 Å². The summed E-state index contributed by atoms with van der Waals surface area (Å²) in [7, 11) is 1.58. The van der Waals surface area contributed by atoms with Crippen LogP contribution < -0.4 is 19.8 Å². The molecule has 0 bridgehead atoms. The van der Waals surface area contributed by atoms with Crippen LogP contribution in [0.3, 0.4) is 0 Å². The lowest BCUT2D eigenvalue weighted by Crippen LogP contribution is -2.11. The molecule has 1 heterocycles. The van der Waals surface area contributed by atoms with Gasteiger partial charge < -0.3 is 18.6 Å². The van der Waals surface area contributed by atoms with E-state index in [4.69, 9.17) is 18.6 Å². The number of hydrogen-bond donors (Lipinski definition) is 0. The monoisotopic (exact) mass is 426 g/mol. The van der Waals surface area contributed by atoms with Crippen LogP contribution >= 0.6 is 0 Å². The van der Waals surface area contributed by atoms with Crippen LogP contribution in [-0.4, -0.2) is 20.3 Å². The fourth-order valence-corrected chi connectivity index (χ4v) is 3.08. The number of hydrogen-bond acceptors (Lipinski definition) is 5. The molecular formula is C26H34O5. The Morgan fingerprint density at radius 2 is 1.84 bits per heavy atom. The molecule has 0 amide bonds. The Kier molecular flexibility index (Phi) is 9.95. The van der Waals surface area contributed by atoms with Gasteiger partial charge in [0.05, 0.1) is 13.7 Å². The summed E-state index contributed by atoms with van der Waals surface area (Å²) >= 11 is 0. The quantitative estimate of drug-likeness (QED) is 0.217. The molecule has 0 spiro atoms. The summed E-state index contributed by atoms with van der Waals surface area (Å²) < 4.78 is 22.9. The average Bonchev–Trinajstić information content (AvgIpc) is 2.74. The normalized spacial score (nSPS) is 11.7. The summed E-state index contributed by atoms with van der Waals surface area (Å²) in [4.78, 5) is 12.7. The Morgan fingerprint density at radius 1 is 1.03 bits per heavy atom. The molecule has 0 atom stereocenters. The first-order valence-corrected chi connectivity index (χ1v) is 10.8. The van der Waals surface area contributed by atoms with Crippen LogP contribution in [0.1, 0.15) is 53.4 Å². The predicted octanol–water partition coefficient (Wildman–Crippen LogP) is 6.61. The molecule has 168 valence electrons. The Balaban J connectivity index is 2.29. The van der Waals surface area contributed by atoms with Gasteiger partial charge in [-0.25, -0.2) is 4.79 Å². The van der Waals surface area contributed by atoms with Crippen molar-refractivity contribution in [3.63, 3.8) is 0 Å². The zero-order valence-electron chi connectivity index (χ0n) is 19.3. The number of benzene rings is 1. The molecule has 1 aromatic heterocycles. The van der Waals surface area contributed by atoms with Gasteiger partial charge >= 0.3 is 5.63 Å². The van der Waals surface area contributed by atoms with Gasteiger partial charge in [0.15, 0.2) is 5.75 Å². The molecule has 0 unspecified atom stereocenters. The molecule has 0 saturated carbocycles. The highest BCUT2D eigenvalue weighted by molar-refractivity contribution is 5.91. The summed E-state index contributed by atoms with van der Waals surface area (Å²) in [5.41, 5.74) is 2.36. The van der Waals surface area contributed by atoms with Crippen LogP contribution in [0.2, 0.25) is 0 Å². The van der Waals surface area contributed by atoms with E-state index in [2.05, 4.69) is 45.9 Å². The second kappa shape index (κ2) is 12.7. The molecule has 0 aliphatic rings. The fraction of sp³-hybridized carbons (Fsp3) is 0.423. The topological polar surface area (TPSA) is 57.9 Å². The van der Waals surface area contributed by atoms with E-state index in [-0.39, 0.29) is 12.4 Å². The van der Waals surface area contributed by atoms with Gasteiger partial charge in [-0.15, -0.1) is 0 Å². The van der Waals surface area contributed by atoms with E-state index in [0.717, 1.165) is 25.7 Å². The number of allylic oxidation sites excluding steroid dienone is 4. The molecule has 1 aromatic carbocycles. The third kappa shape index (κ3) is 7.35. The molecule has 0 N–H and O–H groups in total. The zero-order chi connectivity index (χ0) is 22.6. The lowest BCUT2D eigenvalue weighted by Gasteiger charge is -2.14. The highest BCUT2D eigenvalue weighted by atomic mass is 16.5. The minimum Gasteiger partial charge on any atom is -0.496 e. The molecule has 0 aliphatic carbocycles. The summed E-state index contributed by atoms with van der Waals surface area (Å²) in [6.07, 6.45) is 12.0. The fourth-order valence-electron chi connectivity index (χ4n) is 3.08. The van der Waals surface area contributed by atoms with Crippen molar-refractivity contribution in [1.29, 1.82) is 0 Å². The minimum absolute atomic E-state index is 0.0739. The van der Waals surface area contributed by atoms with E-state index < -0.39 is 5.63 Å². The van der Waals surface area contributed by atoms with E-state index in [1.807, 2.05) is 12.1 Å². The van der Waals surface area contributed by atoms with Crippen LogP contribution in [0.4, 0.5) is 0 Å². The second-order valence-corrected chi connectivity index (χ2v) is 7.58. The highest BCUT2D eigenvalue weighted by Gasteiger charge is 2.20. The van der Waals surface area contributed by atoms with E-state index in [0.29, 0.717) is 29.1 Å². The summed E-state index contributed by atoms with van der Waals surface area (Å²) in [6, 6.07) is 5.31. The summed E-state index contributed by atoms with van der Waals surface area (Å²) in [5, 5.41) is 0.600. The Bertz CT molecular complexity index is 991. The van der Waals surface area contributed by atoms with E-state index in [1.54, 1.807) is 19.2 Å². The molecule has 0 saturated heterocycles. The van der Waals surface area contributed by atoms with Gasteiger partial charge in [0.1, 0.15) is 23.3 Å². The van der Waals surface area contributed by atoms with Crippen LogP contribution in [0, 0.1) is 0 Å². The third-order valence-electron chi connectivity index (χ3n) is 4.71. The molecule has 0 aliphatic heterocycles. The van der Waals surface area contributed by atoms with Crippen LogP contribution in [0.5, 0.6) is 17.2 Å². The maximum atomic E-state index is 12.7. The number of methoxy groups -OCH3 is 1. The lowest BCUT2D eigenvalue weighted by molar-refractivity contribution is 0.278. The molecule has 0 fully saturated rings. The number of fused-ring (bicyclic) bond motifs is 1. The minimum atomic E-state index is -0.560. The van der Waals surface area contributed by atoms with Crippen LogP contribution in [-0.2, 0) is 0 Å². The van der Waals surface area contributed by atoms with Crippen molar-refractivity contribution < 1.29 is 18.6 Å².